The SMILES string of the molecule is C=C/C(=C\C=C\Cl)NS(=O)c1ccc(Br)c(C(=O)Nc2ccc(Br)cc2C(=O)O)c1. The Morgan fingerprint density at radius 3 is 2.50 bits per heavy atom. The molecule has 30 heavy (non-hydrogen) atoms. The molecule has 2 rings (SSSR count). The smallest absolute Gasteiger partial charge is 0.337 e. The van der Waals surface area contributed by atoms with Crippen molar-refractivity contribution in [1.29, 1.82) is 0 Å². The summed E-state index contributed by atoms with van der Waals surface area (Å²) in [7, 11) is -1.68. The Bertz CT molecular complexity index is 1090. The lowest BCUT2D eigenvalue weighted by Crippen LogP contribution is -2.18. The van der Waals surface area contributed by atoms with Crippen LogP contribution in [-0.2, 0) is 11.0 Å². The molecule has 6 nitrogen and oxygen atoms in total. The second kappa shape index (κ2) is 11.3. The number of nitrogens with one attached hydrogen (secondary N) is 2. The van der Waals surface area contributed by atoms with Crippen molar-refractivity contribution in [3.05, 3.63) is 92.5 Å². The first-order valence-corrected chi connectivity index (χ1v) is 11.4. The molecule has 156 valence electrons. The highest BCUT2D eigenvalue weighted by molar-refractivity contribution is 9.10. The Labute approximate surface area is 197 Å². The Morgan fingerprint density at radius 1 is 1.13 bits per heavy atom. The van der Waals surface area contributed by atoms with Gasteiger partial charge in [0, 0.05) is 20.2 Å². The van der Waals surface area contributed by atoms with Crippen LogP contribution in [0.25, 0.3) is 0 Å². The number of anilines is 1. The topological polar surface area (TPSA) is 95.5 Å². The minimum Gasteiger partial charge on any atom is -0.478 e. The first-order valence-electron chi connectivity index (χ1n) is 8.18. The maximum absolute atomic E-state index is 12.8. The zero-order valence-electron chi connectivity index (χ0n) is 15.2. The molecule has 0 saturated heterocycles. The number of rotatable bonds is 8. The van der Waals surface area contributed by atoms with Crippen LogP contribution in [0, 0.1) is 0 Å². The molecule has 1 atom stereocenters. The molecular weight excluding hydrogens is 560 g/mol. The molecular formula is C20H15Br2ClN2O4S. The van der Waals surface area contributed by atoms with Crippen molar-refractivity contribution in [3.63, 3.8) is 0 Å². The standard InChI is InChI=1S/C20H15Br2ClN2O4S/c1-2-13(4-3-9-23)25-30(29)14-6-7-17(22)15(11-14)19(26)24-18-8-5-12(21)10-16(18)20(27)28/h2-11,25H,1H2,(H,24,26)(H,27,28)/b9-3+,13-4+. The summed E-state index contributed by atoms with van der Waals surface area (Å²) in [5.41, 5.74) is 2.02. The average Bonchev–Trinajstić information content (AvgIpc) is 2.72. The van der Waals surface area contributed by atoms with Gasteiger partial charge in [-0.15, -0.1) is 0 Å². The molecule has 0 heterocycles. The lowest BCUT2D eigenvalue weighted by molar-refractivity contribution is 0.0698. The summed E-state index contributed by atoms with van der Waals surface area (Å²) in [6, 6.07) is 9.10. The predicted octanol–water partition coefficient (Wildman–Crippen LogP) is 5.60. The van der Waals surface area contributed by atoms with E-state index in [4.69, 9.17) is 11.6 Å². The van der Waals surface area contributed by atoms with E-state index >= 15 is 0 Å². The van der Waals surface area contributed by atoms with Gasteiger partial charge in [0.25, 0.3) is 5.91 Å². The average molecular weight is 575 g/mol. The lowest BCUT2D eigenvalue weighted by atomic mass is 10.1. The van der Waals surface area contributed by atoms with E-state index in [1.165, 1.54) is 29.8 Å². The number of hydrogen-bond acceptors (Lipinski definition) is 3. The first kappa shape index (κ1) is 24.1. The normalized spacial score (nSPS) is 12.4. The fourth-order valence-electron chi connectivity index (χ4n) is 2.24. The van der Waals surface area contributed by atoms with Crippen LogP contribution >= 0.6 is 43.5 Å². The first-order chi connectivity index (χ1) is 14.3. The van der Waals surface area contributed by atoms with Crippen LogP contribution in [0.1, 0.15) is 20.7 Å². The number of benzene rings is 2. The molecule has 10 heteroatoms. The minimum atomic E-state index is -1.68. The van der Waals surface area contributed by atoms with Crippen molar-refractivity contribution in [2.75, 3.05) is 5.32 Å². The van der Waals surface area contributed by atoms with Gasteiger partial charge in [-0.2, -0.15) is 0 Å². The van der Waals surface area contributed by atoms with Gasteiger partial charge in [0.2, 0.25) is 0 Å². The van der Waals surface area contributed by atoms with Crippen molar-refractivity contribution in [3.8, 4) is 0 Å². The molecule has 0 saturated carbocycles. The van der Waals surface area contributed by atoms with Gasteiger partial charge < -0.3 is 15.1 Å². The van der Waals surface area contributed by atoms with Crippen molar-refractivity contribution in [2.24, 2.45) is 0 Å². The number of aromatic carboxylic acids is 1. The van der Waals surface area contributed by atoms with Gasteiger partial charge in [-0.05, 0) is 70.6 Å². The molecule has 0 spiro atoms. The van der Waals surface area contributed by atoms with E-state index in [9.17, 15) is 18.9 Å². The third kappa shape index (κ3) is 6.40. The molecule has 3 N–H and O–H groups in total. The van der Waals surface area contributed by atoms with E-state index in [1.54, 1.807) is 30.4 Å². The van der Waals surface area contributed by atoms with E-state index in [0.717, 1.165) is 0 Å². The van der Waals surface area contributed by atoms with E-state index in [1.807, 2.05) is 0 Å². The second-order valence-electron chi connectivity index (χ2n) is 5.61. The highest BCUT2D eigenvalue weighted by Crippen LogP contribution is 2.25. The molecule has 0 aliphatic carbocycles. The van der Waals surface area contributed by atoms with Gasteiger partial charge in [-0.25, -0.2) is 9.00 Å². The fourth-order valence-corrected chi connectivity index (χ4v) is 4.00. The number of carbonyl (C=O) groups excluding carboxylic acids is 1. The molecule has 0 aromatic heterocycles. The van der Waals surface area contributed by atoms with Crippen LogP contribution in [0.5, 0.6) is 0 Å². The fraction of sp³-hybridized carbons (Fsp3) is 0. The van der Waals surface area contributed by atoms with Crippen LogP contribution in [0.3, 0.4) is 0 Å². The van der Waals surface area contributed by atoms with E-state index < -0.39 is 22.9 Å². The Morgan fingerprint density at radius 2 is 1.87 bits per heavy atom. The summed E-state index contributed by atoms with van der Waals surface area (Å²) in [6.07, 6.45) is 4.61. The Kier molecular flexibility index (Phi) is 9.04. The quantitative estimate of drug-likeness (QED) is 0.358. The monoisotopic (exact) mass is 572 g/mol. The maximum atomic E-state index is 12.8. The van der Waals surface area contributed by atoms with Crippen LogP contribution in [-0.4, -0.2) is 21.2 Å². The van der Waals surface area contributed by atoms with Gasteiger partial charge in [0.05, 0.1) is 21.7 Å². The Balaban J connectivity index is 2.31. The molecule has 0 radical (unpaired) electrons. The van der Waals surface area contributed by atoms with E-state index in [-0.39, 0.29) is 16.8 Å². The van der Waals surface area contributed by atoms with Crippen molar-refractivity contribution >= 4 is 72.0 Å². The second-order valence-corrected chi connectivity index (χ2v) is 8.84. The van der Waals surface area contributed by atoms with Crippen LogP contribution in [0.2, 0.25) is 0 Å². The van der Waals surface area contributed by atoms with Crippen molar-refractivity contribution in [2.45, 2.75) is 4.90 Å². The zero-order chi connectivity index (χ0) is 22.3. The molecule has 2 aromatic rings. The Hall–Kier alpha value is -2.20. The van der Waals surface area contributed by atoms with Gasteiger partial charge in [0.1, 0.15) is 11.0 Å². The van der Waals surface area contributed by atoms with Gasteiger partial charge >= 0.3 is 5.97 Å². The number of halogens is 3. The summed E-state index contributed by atoms with van der Waals surface area (Å²) in [5.74, 6) is -1.74. The van der Waals surface area contributed by atoms with Gasteiger partial charge in [-0.1, -0.05) is 34.1 Å². The number of hydrogen-bond donors (Lipinski definition) is 3. The number of amides is 1. The largest absolute Gasteiger partial charge is 0.478 e. The third-order valence-corrected chi connectivity index (χ3v) is 6.07. The molecule has 0 bridgehead atoms. The highest BCUT2D eigenvalue weighted by Gasteiger charge is 2.17. The third-order valence-electron chi connectivity index (χ3n) is 3.64. The molecule has 1 unspecified atom stereocenters. The summed E-state index contributed by atoms with van der Waals surface area (Å²) in [4.78, 5) is 24.6. The van der Waals surface area contributed by atoms with E-state index in [0.29, 0.717) is 19.5 Å². The van der Waals surface area contributed by atoms with Gasteiger partial charge in [0.15, 0.2) is 0 Å². The summed E-state index contributed by atoms with van der Waals surface area (Å²) >= 11 is 12.0. The maximum Gasteiger partial charge on any atom is 0.337 e. The number of carbonyl (C=O) groups is 2. The van der Waals surface area contributed by atoms with Gasteiger partial charge in [-0.3, -0.25) is 4.79 Å². The number of carboxylic acids is 1. The molecule has 0 aliphatic heterocycles. The van der Waals surface area contributed by atoms with Crippen molar-refractivity contribution < 1.29 is 18.9 Å². The van der Waals surface area contributed by atoms with Crippen LogP contribution < -0.4 is 10.0 Å². The predicted molar refractivity (Wildman–Crippen MR) is 126 cm³/mol. The molecule has 0 fully saturated rings. The number of allylic oxidation sites excluding steroid dienone is 3. The lowest BCUT2D eigenvalue weighted by Gasteiger charge is -2.12. The van der Waals surface area contributed by atoms with E-state index in [2.05, 4.69) is 48.5 Å². The summed E-state index contributed by atoms with van der Waals surface area (Å²) in [5, 5.41) is 11.9. The zero-order valence-corrected chi connectivity index (χ0v) is 19.9. The summed E-state index contributed by atoms with van der Waals surface area (Å²) < 4.78 is 16.4. The molecule has 2 aromatic carbocycles. The molecule has 0 aliphatic rings. The van der Waals surface area contributed by atoms with Crippen molar-refractivity contribution in [1.82, 2.24) is 4.72 Å². The minimum absolute atomic E-state index is 0.0663. The number of carboxylic acid groups (broad SMARTS) is 1. The van der Waals surface area contributed by atoms with Crippen LogP contribution in [0.15, 0.2) is 86.3 Å². The highest BCUT2D eigenvalue weighted by atomic mass is 79.9. The summed E-state index contributed by atoms with van der Waals surface area (Å²) in [6.45, 7) is 3.63. The molecule has 1 amide bonds. The van der Waals surface area contributed by atoms with Crippen LogP contribution in [0.4, 0.5) is 5.69 Å².